The number of rotatable bonds is 3. The van der Waals surface area contributed by atoms with Crippen LogP contribution in [0.25, 0.3) is 0 Å². The number of nitrogens with zero attached hydrogens (tertiary/aromatic N) is 1. The first-order valence-electron chi connectivity index (χ1n) is 7.38. The fourth-order valence-electron chi connectivity index (χ4n) is 2.00. The smallest absolute Gasteiger partial charge is 0.230 e. The predicted octanol–water partition coefficient (Wildman–Crippen LogP) is 4.43. The minimum Gasteiger partial charge on any atom is -0.354 e. The van der Waals surface area contributed by atoms with Gasteiger partial charge in [-0.05, 0) is 37.1 Å². The fourth-order valence-corrected chi connectivity index (χ4v) is 2.00. The standard InChI is InChI=1S/C18H23N3O/c1-12-7-6-8-13(2)16(12)20-14-9-10-15(19-11-14)21-17(22)18(3,4)5/h6-11,20H,1-5H3,(H,19,21,22). The molecule has 0 spiro atoms. The van der Waals surface area contributed by atoms with Gasteiger partial charge in [-0.15, -0.1) is 0 Å². The van der Waals surface area contributed by atoms with Gasteiger partial charge in [0, 0.05) is 11.1 Å². The second-order valence-corrected chi connectivity index (χ2v) is 6.53. The highest BCUT2D eigenvalue weighted by atomic mass is 16.2. The molecule has 0 bridgehead atoms. The minimum atomic E-state index is -0.434. The highest BCUT2D eigenvalue weighted by Gasteiger charge is 2.21. The van der Waals surface area contributed by atoms with Crippen LogP contribution in [0.2, 0.25) is 0 Å². The molecular formula is C18H23N3O. The van der Waals surface area contributed by atoms with Crippen molar-refractivity contribution in [2.24, 2.45) is 5.41 Å². The highest BCUT2D eigenvalue weighted by molar-refractivity contribution is 5.93. The lowest BCUT2D eigenvalue weighted by atomic mass is 9.96. The number of anilines is 3. The van der Waals surface area contributed by atoms with E-state index in [1.165, 1.54) is 11.1 Å². The van der Waals surface area contributed by atoms with Gasteiger partial charge in [0.05, 0.1) is 11.9 Å². The average molecular weight is 297 g/mol. The SMILES string of the molecule is Cc1cccc(C)c1Nc1ccc(NC(=O)C(C)(C)C)nc1. The second-order valence-electron chi connectivity index (χ2n) is 6.53. The lowest BCUT2D eigenvalue weighted by Crippen LogP contribution is -2.27. The monoisotopic (exact) mass is 297 g/mol. The van der Waals surface area contributed by atoms with Gasteiger partial charge in [0.25, 0.3) is 0 Å². The Kier molecular flexibility index (Phi) is 4.50. The van der Waals surface area contributed by atoms with E-state index in [2.05, 4.69) is 41.6 Å². The fraction of sp³-hybridized carbons (Fsp3) is 0.333. The number of aromatic nitrogens is 1. The Labute approximate surface area is 132 Å². The van der Waals surface area contributed by atoms with Gasteiger partial charge in [0.2, 0.25) is 5.91 Å². The first-order chi connectivity index (χ1) is 10.3. The predicted molar refractivity (Wildman–Crippen MR) is 91.5 cm³/mol. The molecule has 1 aromatic carbocycles. The third-order valence-electron chi connectivity index (χ3n) is 3.44. The molecule has 116 valence electrons. The number of carbonyl (C=O) groups excluding carboxylic acids is 1. The summed E-state index contributed by atoms with van der Waals surface area (Å²) in [6, 6.07) is 9.90. The molecule has 0 aliphatic rings. The van der Waals surface area contributed by atoms with E-state index < -0.39 is 5.41 Å². The zero-order valence-electron chi connectivity index (χ0n) is 13.8. The van der Waals surface area contributed by atoms with Crippen molar-refractivity contribution in [3.8, 4) is 0 Å². The van der Waals surface area contributed by atoms with Crippen molar-refractivity contribution >= 4 is 23.1 Å². The summed E-state index contributed by atoms with van der Waals surface area (Å²) in [7, 11) is 0. The van der Waals surface area contributed by atoms with Crippen LogP contribution in [-0.2, 0) is 4.79 Å². The number of carbonyl (C=O) groups is 1. The van der Waals surface area contributed by atoms with Crippen LogP contribution in [-0.4, -0.2) is 10.9 Å². The number of nitrogens with one attached hydrogen (secondary N) is 2. The first kappa shape index (κ1) is 16.0. The van der Waals surface area contributed by atoms with Crippen molar-refractivity contribution in [3.05, 3.63) is 47.7 Å². The summed E-state index contributed by atoms with van der Waals surface area (Å²) < 4.78 is 0. The molecule has 0 aliphatic carbocycles. The summed E-state index contributed by atoms with van der Waals surface area (Å²) in [5, 5.41) is 6.19. The Hall–Kier alpha value is -2.36. The molecule has 0 fully saturated rings. The van der Waals surface area contributed by atoms with Gasteiger partial charge in [0.15, 0.2) is 0 Å². The summed E-state index contributed by atoms with van der Waals surface area (Å²) >= 11 is 0. The molecule has 2 rings (SSSR count). The van der Waals surface area contributed by atoms with Gasteiger partial charge in [-0.3, -0.25) is 4.79 Å². The van der Waals surface area contributed by atoms with E-state index >= 15 is 0 Å². The minimum absolute atomic E-state index is 0.0459. The van der Waals surface area contributed by atoms with Crippen LogP contribution in [0.5, 0.6) is 0 Å². The van der Waals surface area contributed by atoms with E-state index in [9.17, 15) is 4.79 Å². The van der Waals surface area contributed by atoms with E-state index in [4.69, 9.17) is 0 Å². The maximum atomic E-state index is 11.9. The average Bonchev–Trinajstić information content (AvgIpc) is 2.44. The molecule has 0 saturated heterocycles. The van der Waals surface area contributed by atoms with Crippen LogP contribution in [0, 0.1) is 19.3 Å². The molecule has 0 radical (unpaired) electrons. The number of benzene rings is 1. The van der Waals surface area contributed by atoms with Crippen molar-refractivity contribution < 1.29 is 4.79 Å². The molecular weight excluding hydrogens is 274 g/mol. The van der Waals surface area contributed by atoms with Crippen LogP contribution in [0.1, 0.15) is 31.9 Å². The third-order valence-corrected chi connectivity index (χ3v) is 3.44. The molecule has 2 N–H and O–H groups in total. The van der Waals surface area contributed by atoms with Gasteiger partial charge in [-0.2, -0.15) is 0 Å². The zero-order valence-corrected chi connectivity index (χ0v) is 13.8. The topological polar surface area (TPSA) is 54.0 Å². The van der Waals surface area contributed by atoms with Gasteiger partial charge < -0.3 is 10.6 Å². The highest BCUT2D eigenvalue weighted by Crippen LogP contribution is 2.24. The Bertz CT molecular complexity index is 649. The number of hydrogen-bond donors (Lipinski definition) is 2. The van der Waals surface area contributed by atoms with Gasteiger partial charge in [-0.1, -0.05) is 39.0 Å². The maximum absolute atomic E-state index is 11.9. The third kappa shape index (κ3) is 3.85. The summed E-state index contributed by atoms with van der Waals surface area (Å²) in [5.74, 6) is 0.516. The van der Waals surface area contributed by atoms with Gasteiger partial charge in [0.1, 0.15) is 5.82 Å². The van der Waals surface area contributed by atoms with Crippen molar-refractivity contribution in [1.82, 2.24) is 4.98 Å². The molecule has 0 saturated carbocycles. The maximum Gasteiger partial charge on any atom is 0.230 e. The molecule has 22 heavy (non-hydrogen) atoms. The zero-order chi connectivity index (χ0) is 16.3. The van der Waals surface area contributed by atoms with Crippen LogP contribution in [0.4, 0.5) is 17.2 Å². The molecule has 0 unspecified atom stereocenters. The number of para-hydroxylation sites is 1. The largest absolute Gasteiger partial charge is 0.354 e. The van der Waals surface area contributed by atoms with Crippen LogP contribution in [0.15, 0.2) is 36.5 Å². The number of hydrogen-bond acceptors (Lipinski definition) is 3. The summed E-state index contributed by atoms with van der Waals surface area (Å²) in [5.41, 5.74) is 3.92. The van der Waals surface area contributed by atoms with E-state index in [1.54, 1.807) is 12.3 Å². The normalized spacial score (nSPS) is 11.1. The van der Waals surface area contributed by atoms with Crippen molar-refractivity contribution in [3.63, 3.8) is 0 Å². The molecule has 1 aromatic heterocycles. The number of pyridine rings is 1. The molecule has 4 nitrogen and oxygen atoms in total. The Morgan fingerprint density at radius 2 is 1.68 bits per heavy atom. The molecule has 2 aromatic rings. The summed E-state index contributed by atoms with van der Waals surface area (Å²) in [6.45, 7) is 9.76. The van der Waals surface area contributed by atoms with Gasteiger partial charge in [-0.25, -0.2) is 4.98 Å². The van der Waals surface area contributed by atoms with Crippen LogP contribution >= 0.6 is 0 Å². The van der Waals surface area contributed by atoms with E-state index in [1.807, 2.05) is 32.9 Å². The van der Waals surface area contributed by atoms with Crippen molar-refractivity contribution in [2.75, 3.05) is 10.6 Å². The summed E-state index contributed by atoms with van der Waals surface area (Å²) in [4.78, 5) is 16.2. The summed E-state index contributed by atoms with van der Waals surface area (Å²) in [6.07, 6.45) is 1.73. The van der Waals surface area contributed by atoms with Crippen LogP contribution < -0.4 is 10.6 Å². The van der Waals surface area contributed by atoms with Crippen molar-refractivity contribution in [1.29, 1.82) is 0 Å². The molecule has 0 atom stereocenters. The lowest BCUT2D eigenvalue weighted by molar-refractivity contribution is -0.123. The van der Waals surface area contributed by atoms with Gasteiger partial charge >= 0.3 is 0 Å². The number of aryl methyl sites for hydroxylation is 2. The second kappa shape index (κ2) is 6.18. The molecule has 4 heteroatoms. The van der Waals surface area contributed by atoms with E-state index in [-0.39, 0.29) is 5.91 Å². The molecule has 0 aliphatic heterocycles. The Balaban J connectivity index is 2.11. The lowest BCUT2D eigenvalue weighted by Gasteiger charge is -2.17. The molecule has 1 heterocycles. The first-order valence-corrected chi connectivity index (χ1v) is 7.38. The van der Waals surface area contributed by atoms with Crippen molar-refractivity contribution in [2.45, 2.75) is 34.6 Å². The van der Waals surface area contributed by atoms with E-state index in [0.717, 1.165) is 11.4 Å². The Morgan fingerprint density at radius 1 is 1.05 bits per heavy atom. The van der Waals surface area contributed by atoms with Crippen LogP contribution in [0.3, 0.4) is 0 Å². The quantitative estimate of drug-likeness (QED) is 0.881. The Morgan fingerprint density at radius 3 is 2.18 bits per heavy atom. The van der Waals surface area contributed by atoms with E-state index in [0.29, 0.717) is 5.82 Å². The number of amides is 1. The molecule has 1 amide bonds.